The fraction of sp³-hybridized carbons (Fsp3) is 0.250. The van der Waals surface area contributed by atoms with Crippen molar-refractivity contribution >= 4 is 0 Å². The van der Waals surface area contributed by atoms with Crippen LogP contribution in [0.25, 0.3) is 0 Å². The molecule has 1 rings (SSSR count). The lowest BCUT2D eigenvalue weighted by Crippen LogP contribution is -1.99. The molecule has 0 saturated heterocycles. The van der Waals surface area contributed by atoms with Gasteiger partial charge in [0.15, 0.2) is 6.79 Å². The maximum absolute atomic E-state index is 8.51. The highest BCUT2D eigenvalue weighted by atomic mass is 16.7. The normalized spacial score (nSPS) is 9.00. The first-order valence-corrected chi connectivity index (χ1v) is 3.33. The van der Waals surface area contributed by atoms with Crippen LogP contribution in [0.15, 0.2) is 18.5 Å². The maximum atomic E-state index is 8.51. The summed E-state index contributed by atoms with van der Waals surface area (Å²) >= 11 is 0. The fourth-order valence-electron chi connectivity index (χ4n) is 0.686. The van der Waals surface area contributed by atoms with E-state index >= 15 is 0 Å². The molecule has 0 bridgehead atoms. The summed E-state index contributed by atoms with van der Waals surface area (Å²) in [6.07, 6.45) is 3.00. The van der Waals surface area contributed by atoms with Crippen LogP contribution in [-0.2, 0) is 4.74 Å². The molecular weight excluding hydrogens is 156 g/mol. The summed E-state index contributed by atoms with van der Waals surface area (Å²) in [4.78, 5) is 3.81. The molecule has 4 heteroatoms. The lowest BCUT2D eigenvalue weighted by molar-refractivity contribution is 0.0508. The van der Waals surface area contributed by atoms with E-state index in [2.05, 4.69) is 9.72 Å². The number of ether oxygens (including phenoxy) is 2. The molecule has 0 saturated carbocycles. The van der Waals surface area contributed by atoms with Crippen LogP contribution >= 0.6 is 0 Å². The molecule has 1 aromatic rings. The molecule has 12 heavy (non-hydrogen) atoms. The van der Waals surface area contributed by atoms with Crippen molar-refractivity contribution in [2.75, 3.05) is 13.9 Å². The first-order chi connectivity index (χ1) is 5.86. The van der Waals surface area contributed by atoms with Crippen molar-refractivity contribution < 1.29 is 9.47 Å². The van der Waals surface area contributed by atoms with Crippen molar-refractivity contribution in [2.24, 2.45) is 0 Å². The van der Waals surface area contributed by atoms with E-state index in [0.717, 1.165) is 0 Å². The van der Waals surface area contributed by atoms with E-state index in [1.54, 1.807) is 6.07 Å². The van der Waals surface area contributed by atoms with E-state index in [-0.39, 0.29) is 6.79 Å². The van der Waals surface area contributed by atoms with Gasteiger partial charge in [0, 0.05) is 19.4 Å². The number of pyridine rings is 1. The van der Waals surface area contributed by atoms with Gasteiger partial charge < -0.3 is 9.47 Å². The first kappa shape index (κ1) is 8.50. The molecule has 0 aliphatic rings. The lowest BCUT2D eigenvalue weighted by atomic mass is 10.3. The molecule has 0 spiro atoms. The van der Waals surface area contributed by atoms with E-state index < -0.39 is 0 Å². The molecule has 4 nitrogen and oxygen atoms in total. The number of methoxy groups -OCH3 is 1. The van der Waals surface area contributed by atoms with E-state index in [1.165, 1.54) is 19.5 Å². The number of hydrogen-bond donors (Lipinski definition) is 0. The van der Waals surface area contributed by atoms with Crippen molar-refractivity contribution in [3.8, 4) is 11.8 Å². The van der Waals surface area contributed by atoms with E-state index in [9.17, 15) is 0 Å². The molecule has 1 heterocycles. The van der Waals surface area contributed by atoms with Crippen molar-refractivity contribution in [3.05, 3.63) is 24.0 Å². The van der Waals surface area contributed by atoms with Gasteiger partial charge in [0.1, 0.15) is 11.8 Å². The van der Waals surface area contributed by atoms with Crippen LogP contribution in [-0.4, -0.2) is 18.9 Å². The molecule has 1 aromatic heterocycles. The fourth-order valence-corrected chi connectivity index (χ4v) is 0.686. The smallest absolute Gasteiger partial charge is 0.188 e. The third-order valence-corrected chi connectivity index (χ3v) is 1.19. The Bertz CT molecular complexity index is 293. The highest BCUT2D eigenvalue weighted by Gasteiger charge is 1.95. The summed E-state index contributed by atoms with van der Waals surface area (Å²) in [5.74, 6) is 0.538. The van der Waals surface area contributed by atoms with Crippen LogP contribution in [0.4, 0.5) is 0 Å². The van der Waals surface area contributed by atoms with Crippen LogP contribution in [0.5, 0.6) is 5.75 Å². The minimum atomic E-state index is 0.163. The molecule has 0 fully saturated rings. The Hall–Kier alpha value is -1.60. The number of nitrogens with zero attached hydrogens (tertiary/aromatic N) is 2. The van der Waals surface area contributed by atoms with Gasteiger partial charge in [-0.3, -0.25) is 4.98 Å². The predicted octanol–water partition coefficient (Wildman–Crippen LogP) is 0.936. The Morgan fingerprint density at radius 2 is 2.42 bits per heavy atom. The molecule has 0 aromatic carbocycles. The molecule has 0 radical (unpaired) electrons. The second-order valence-corrected chi connectivity index (χ2v) is 2.07. The largest absolute Gasteiger partial charge is 0.466 e. The zero-order chi connectivity index (χ0) is 8.81. The summed E-state index contributed by atoms with van der Waals surface area (Å²) in [5, 5.41) is 8.51. The topological polar surface area (TPSA) is 55.1 Å². The molecule has 0 aliphatic carbocycles. The molecule has 0 amide bonds. The van der Waals surface area contributed by atoms with Crippen molar-refractivity contribution in [1.29, 1.82) is 5.26 Å². The van der Waals surface area contributed by atoms with E-state index in [4.69, 9.17) is 10.00 Å². The van der Waals surface area contributed by atoms with Crippen LogP contribution < -0.4 is 4.74 Å². The quantitative estimate of drug-likeness (QED) is 0.624. The number of hydrogen-bond acceptors (Lipinski definition) is 4. The molecule has 0 unspecified atom stereocenters. The zero-order valence-electron chi connectivity index (χ0n) is 6.65. The molecule has 0 N–H and O–H groups in total. The molecule has 0 aliphatic heterocycles. The van der Waals surface area contributed by atoms with Gasteiger partial charge in [-0.05, 0) is 0 Å². The highest BCUT2D eigenvalue weighted by molar-refractivity contribution is 5.32. The second-order valence-electron chi connectivity index (χ2n) is 2.07. The SMILES string of the molecule is COCOc1cncc(C#N)c1. The van der Waals surface area contributed by atoms with Gasteiger partial charge in [-0.2, -0.15) is 5.26 Å². The Morgan fingerprint density at radius 3 is 3.08 bits per heavy atom. The summed E-state index contributed by atoms with van der Waals surface area (Å²) in [6, 6.07) is 3.56. The Balaban J connectivity index is 2.68. The minimum absolute atomic E-state index is 0.163. The van der Waals surface area contributed by atoms with Gasteiger partial charge in [-0.15, -0.1) is 0 Å². The van der Waals surface area contributed by atoms with E-state index in [1.807, 2.05) is 6.07 Å². The van der Waals surface area contributed by atoms with Crippen LogP contribution in [0, 0.1) is 11.3 Å². The van der Waals surface area contributed by atoms with Gasteiger partial charge in [0.25, 0.3) is 0 Å². The van der Waals surface area contributed by atoms with Crippen LogP contribution in [0.3, 0.4) is 0 Å². The van der Waals surface area contributed by atoms with Gasteiger partial charge in [0.05, 0.1) is 11.8 Å². The maximum Gasteiger partial charge on any atom is 0.188 e. The van der Waals surface area contributed by atoms with Gasteiger partial charge in [-0.25, -0.2) is 0 Å². The summed E-state index contributed by atoms with van der Waals surface area (Å²) in [5.41, 5.74) is 0.476. The Labute approximate surface area is 70.4 Å². The molecular formula is C8H8N2O2. The molecule has 62 valence electrons. The number of rotatable bonds is 3. The third-order valence-electron chi connectivity index (χ3n) is 1.19. The summed E-state index contributed by atoms with van der Waals surface area (Å²) < 4.78 is 9.75. The number of nitriles is 1. The highest BCUT2D eigenvalue weighted by Crippen LogP contribution is 2.09. The molecule has 0 atom stereocenters. The third kappa shape index (κ3) is 2.22. The standard InChI is InChI=1S/C8H8N2O2/c1-11-6-12-8-2-7(3-9)4-10-5-8/h2,4-5H,6H2,1H3. The summed E-state index contributed by atoms with van der Waals surface area (Å²) in [7, 11) is 1.53. The number of aromatic nitrogens is 1. The minimum Gasteiger partial charge on any atom is -0.466 e. The second kappa shape index (κ2) is 4.31. The van der Waals surface area contributed by atoms with E-state index in [0.29, 0.717) is 11.3 Å². The van der Waals surface area contributed by atoms with Crippen LogP contribution in [0.2, 0.25) is 0 Å². The van der Waals surface area contributed by atoms with Gasteiger partial charge in [-0.1, -0.05) is 0 Å². The Kier molecular flexibility index (Phi) is 3.05. The van der Waals surface area contributed by atoms with Crippen LogP contribution in [0.1, 0.15) is 5.56 Å². The summed E-state index contributed by atoms with van der Waals surface area (Å²) in [6.45, 7) is 0.163. The first-order valence-electron chi connectivity index (χ1n) is 3.33. The Morgan fingerprint density at radius 1 is 1.58 bits per heavy atom. The monoisotopic (exact) mass is 164 g/mol. The lowest BCUT2D eigenvalue weighted by Gasteiger charge is -2.02. The average molecular weight is 164 g/mol. The average Bonchev–Trinajstić information content (AvgIpc) is 2.15. The van der Waals surface area contributed by atoms with Crippen molar-refractivity contribution in [1.82, 2.24) is 4.98 Å². The predicted molar refractivity (Wildman–Crippen MR) is 41.5 cm³/mol. The van der Waals surface area contributed by atoms with Gasteiger partial charge in [0.2, 0.25) is 0 Å². The van der Waals surface area contributed by atoms with Crippen molar-refractivity contribution in [2.45, 2.75) is 0 Å². The van der Waals surface area contributed by atoms with Crippen molar-refractivity contribution in [3.63, 3.8) is 0 Å². The van der Waals surface area contributed by atoms with Gasteiger partial charge >= 0.3 is 0 Å². The zero-order valence-corrected chi connectivity index (χ0v) is 6.65.